The van der Waals surface area contributed by atoms with E-state index in [0.29, 0.717) is 12.3 Å². The minimum absolute atomic E-state index is 0.0661. The number of carboxylic acid groups (broad SMARTS) is 1. The number of carbonyl (C=O) groups is 2. The highest BCUT2D eigenvalue weighted by Crippen LogP contribution is 2.28. The highest BCUT2D eigenvalue weighted by Gasteiger charge is 2.27. The molecule has 0 aromatic heterocycles. The van der Waals surface area contributed by atoms with Gasteiger partial charge in [-0.05, 0) is 58.8 Å². The molecule has 0 aromatic rings. The van der Waals surface area contributed by atoms with Gasteiger partial charge in [-0.1, -0.05) is 0 Å². The zero-order chi connectivity index (χ0) is 16.0. The van der Waals surface area contributed by atoms with Crippen LogP contribution < -0.4 is 11.1 Å². The van der Waals surface area contributed by atoms with Gasteiger partial charge in [0.1, 0.15) is 5.60 Å². The van der Waals surface area contributed by atoms with Gasteiger partial charge in [0.15, 0.2) is 0 Å². The first-order chi connectivity index (χ1) is 9.67. The van der Waals surface area contributed by atoms with E-state index in [0.717, 1.165) is 25.7 Å². The van der Waals surface area contributed by atoms with Crippen molar-refractivity contribution >= 4 is 12.1 Å². The van der Waals surface area contributed by atoms with Crippen molar-refractivity contribution in [3.05, 3.63) is 0 Å². The molecule has 0 radical (unpaired) electrons. The van der Waals surface area contributed by atoms with Crippen LogP contribution >= 0.6 is 0 Å². The van der Waals surface area contributed by atoms with Gasteiger partial charge >= 0.3 is 12.1 Å². The van der Waals surface area contributed by atoms with Gasteiger partial charge in [0.25, 0.3) is 0 Å². The molecule has 1 amide bonds. The van der Waals surface area contributed by atoms with E-state index in [1.165, 1.54) is 0 Å². The van der Waals surface area contributed by atoms with Crippen molar-refractivity contribution in [3.8, 4) is 0 Å². The zero-order valence-electron chi connectivity index (χ0n) is 13.2. The summed E-state index contributed by atoms with van der Waals surface area (Å²) in [5, 5.41) is 11.6. The van der Waals surface area contributed by atoms with Crippen LogP contribution in [0.25, 0.3) is 0 Å². The van der Waals surface area contributed by atoms with E-state index in [2.05, 4.69) is 5.32 Å². The summed E-state index contributed by atoms with van der Waals surface area (Å²) in [6, 6.07) is 0.0614. The van der Waals surface area contributed by atoms with Crippen molar-refractivity contribution in [3.63, 3.8) is 0 Å². The molecule has 1 fully saturated rings. The van der Waals surface area contributed by atoms with Crippen molar-refractivity contribution < 1.29 is 19.4 Å². The molecular formula is C15H28N2O4. The Balaban J connectivity index is 2.28. The van der Waals surface area contributed by atoms with E-state index >= 15 is 0 Å². The third-order valence-electron chi connectivity index (χ3n) is 3.79. The number of nitrogens with two attached hydrogens (primary N) is 1. The van der Waals surface area contributed by atoms with Gasteiger partial charge in [0.05, 0.1) is 0 Å². The summed E-state index contributed by atoms with van der Waals surface area (Å²) in [6.07, 6.45) is 3.83. The molecule has 0 saturated heterocycles. The van der Waals surface area contributed by atoms with E-state index < -0.39 is 11.6 Å². The van der Waals surface area contributed by atoms with E-state index in [4.69, 9.17) is 15.6 Å². The number of nitrogens with one attached hydrogen (secondary N) is 1. The minimum Gasteiger partial charge on any atom is -0.481 e. The summed E-state index contributed by atoms with van der Waals surface area (Å²) in [4.78, 5) is 22.3. The molecule has 0 aromatic carbocycles. The Morgan fingerprint density at radius 3 is 2.33 bits per heavy atom. The highest BCUT2D eigenvalue weighted by atomic mass is 16.6. The van der Waals surface area contributed by atoms with Gasteiger partial charge in [-0.25, -0.2) is 4.79 Å². The lowest BCUT2D eigenvalue weighted by molar-refractivity contribution is -0.137. The van der Waals surface area contributed by atoms with Crippen LogP contribution in [0.15, 0.2) is 0 Å². The number of carboxylic acids is 1. The van der Waals surface area contributed by atoms with Crippen molar-refractivity contribution in [2.45, 2.75) is 77.0 Å². The molecular weight excluding hydrogens is 272 g/mol. The van der Waals surface area contributed by atoms with Crippen molar-refractivity contribution in [2.75, 3.05) is 0 Å². The Bertz CT molecular complexity index is 357. The van der Waals surface area contributed by atoms with Gasteiger partial charge in [0.2, 0.25) is 0 Å². The molecule has 1 rings (SSSR count). The van der Waals surface area contributed by atoms with Crippen molar-refractivity contribution in [1.82, 2.24) is 5.32 Å². The molecule has 6 heteroatoms. The first-order valence-corrected chi connectivity index (χ1v) is 7.64. The van der Waals surface area contributed by atoms with Crippen LogP contribution in [0.5, 0.6) is 0 Å². The summed E-state index contributed by atoms with van der Waals surface area (Å²) >= 11 is 0. The quantitative estimate of drug-likeness (QED) is 0.723. The number of alkyl carbamates (subject to hydrolysis) is 1. The summed E-state index contributed by atoms with van der Waals surface area (Å²) in [5.74, 6) is -0.452. The first kappa shape index (κ1) is 17.8. The standard InChI is InChI=1S/C15H28N2O4/c1-15(2,3)21-14(20)17-11-6-4-10(5-7-11)12(16)8-9-13(18)19/h10-12H,4-9,16H2,1-3H3,(H,17,20)(H,18,19). The van der Waals surface area contributed by atoms with E-state index in [9.17, 15) is 9.59 Å². The fraction of sp³-hybridized carbons (Fsp3) is 0.867. The topological polar surface area (TPSA) is 102 Å². The summed E-state index contributed by atoms with van der Waals surface area (Å²) in [7, 11) is 0. The Morgan fingerprint density at radius 1 is 1.29 bits per heavy atom. The fourth-order valence-electron chi connectivity index (χ4n) is 2.69. The first-order valence-electron chi connectivity index (χ1n) is 7.64. The van der Waals surface area contributed by atoms with Gasteiger partial charge in [-0.3, -0.25) is 4.79 Å². The molecule has 6 nitrogen and oxygen atoms in total. The number of rotatable bonds is 5. The summed E-state index contributed by atoms with van der Waals surface area (Å²) in [5.41, 5.74) is 5.57. The molecule has 0 spiro atoms. The van der Waals surface area contributed by atoms with E-state index in [1.54, 1.807) is 0 Å². The SMILES string of the molecule is CC(C)(C)OC(=O)NC1CCC(C(N)CCC(=O)O)CC1. The zero-order valence-corrected chi connectivity index (χ0v) is 13.2. The summed E-state index contributed by atoms with van der Waals surface area (Å²) in [6.45, 7) is 5.51. The average molecular weight is 300 g/mol. The molecule has 0 aliphatic heterocycles. The number of aliphatic carboxylic acids is 1. The second kappa shape index (κ2) is 7.64. The number of hydrogen-bond acceptors (Lipinski definition) is 4. The van der Waals surface area contributed by atoms with Crippen molar-refractivity contribution in [1.29, 1.82) is 0 Å². The minimum atomic E-state index is -0.800. The third kappa shape index (κ3) is 7.32. The van der Waals surface area contributed by atoms with Crippen LogP contribution in [0.2, 0.25) is 0 Å². The predicted molar refractivity (Wildman–Crippen MR) is 80.0 cm³/mol. The van der Waals surface area contributed by atoms with Crippen LogP contribution in [0.3, 0.4) is 0 Å². The van der Waals surface area contributed by atoms with Gasteiger partial charge < -0.3 is 20.9 Å². The highest BCUT2D eigenvalue weighted by molar-refractivity contribution is 5.68. The van der Waals surface area contributed by atoms with Gasteiger partial charge in [0, 0.05) is 18.5 Å². The van der Waals surface area contributed by atoms with Crippen LogP contribution in [0.1, 0.15) is 59.3 Å². The molecule has 1 aliphatic rings. The predicted octanol–water partition coefficient (Wildman–Crippen LogP) is 2.26. The number of hydrogen-bond donors (Lipinski definition) is 3. The lowest BCUT2D eigenvalue weighted by Gasteiger charge is -2.32. The average Bonchev–Trinajstić information content (AvgIpc) is 2.34. The number of amides is 1. The molecule has 122 valence electrons. The normalized spacial score (nSPS) is 24.2. The molecule has 1 saturated carbocycles. The van der Waals surface area contributed by atoms with Crippen LogP contribution in [0, 0.1) is 5.92 Å². The molecule has 1 unspecified atom stereocenters. The number of ether oxygens (including phenoxy) is 1. The van der Waals surface area contributed by atoms with Crippen LogP contribution in [-0.4, -0.2) is 34.9 Å². The smallest absolute Gasteiger partial charge is 0.407 e. The molecule has 21 heavy (non-hydrogen) atoms. The lowest BCUT2D eigenvalue weighted by atomic mass is 9.80. The molecule has 1 aliphatic carbocycles. The van der Waals surface area contributed by atoms with Gasteiger partial charge in [-0.2, -0.15) is 0 Å². The molecule has 0 bridgehead atoms. The Kier molecular flexibility index (Phi) is 6.45. The van der Waals surface area contributed by atoms with Crippen molar-refractivity contribution in [2.24, 2.45) is 11.7 Å². The second-order valence-corrected chi connectivity index (χ2v) is 6.85. The maximum absolute atomic E-state index is 11.7. The van der Waals surface area contributed by atoms with E-state index in [1.807, 2.05) is 20.8 Å². The Labute approximate surface area is 126 Å². The molecule has 4 N–H and O–H groups in total. The monoisotopic (exact) mass is 300 g/mol. The van der Waals surface area contributed by atoms with E-state index in [-0.39, 0.29) is 24.6 Å². The number of carbonyl (C=O) groups excluding carboxylic acids is 1. The Morgan fingerprint density at radius 2 is 1.86 bits per heavy atom. The lowest BCUT2D eigenvalue weighted by Crippen LogP contribution is -2.43. The summed E-state index contributed by atoms with van der Waals surface area (Å²) < 4.78 is 5.24. The van der Waals surface area contributed by atoms with Crippen LogP contribution in [-0.2, 0) is 9.53 Å². The van der Waals surface area contributed by atoms with Gasteiger partial charge in [-0.15, -0.1) is 0 Å². The fourth-order valence-corrected chi connectivity index (χ4v) is 2.69. The largest absolute Gasteiger partial charge is 0.481 e. The second-order valence-electron chi connectivity index (χ2n) is 6.85. The van der Waals surface area contributed by atoms with Crippen LogP contribution in [0.4, 0.5) is 4.79 Å². The Hall–Kier alpha value is -1.30. The maximum atomic E-state index is 11.7. The third-order valence-corrected chi connectivity index (χ3v) is 3.79. The maximum Gasteiger partial charge on any atom is 0.407 e. The molecule has 1 atom stereocenters. The molecule has 0 heterocycles.